The summed E-state index contributed by atoms with van der Waals surface area (Å²) in [6.07, 6.45) is 3.27. The lowest BCUT2D eigenvalue weighted by atomic mass is 10.1. The summed E-state index contributed by atoms with van der Waals surface area (Å²) in [6.45, 7) is 2.70. The predicted molar refractivity (Wildman–Crippen MR) is 105 cm³/mol. The minimum Gasteiger partial charge on any atom is -0.494 e. The second-order valence-corrected chi connectivity index (χ2v) is 11.6. The summed E-state index contributed by atoms with van der Waals surface area (Å²) in [4.78, 5) is 0.532. The van der Waals surface area contributed by atoms with Crippen LogP contribution >= 0.6 is 10.3 Å². The Balaban J connectivity index is 1.92. The van der Waals surface area contributed by atoms with Crippen molar-refractivity contribution in [1.29, 1.82) is 0 Å². The number of hydrogen-bond donors (Lipinski definition) is 0. The minimum absolute atomic E-state index is 0.312. The topological polar surface area (TPSA) is 52.6 Å². The molecule has 1 heterocycles. The molecule has 0 radical (unpaired) electrons. The van der Waals surface area contributed by atoms with Crippen LogP contribution in [0.5, 0.6) is 5.75 Å². The van der Waals surface area contributed by atoms with Gasteiger partial charge in [0.1, 0.15) is 5.75 Å². The van der Waals surface area contributed by atoms with Gasteiger partial charge in [-0.1, -0.05) is 35.8 Å². The van der Waals surface area contributed by atoms with Crippen molar-refractivity contribution in [3.8, 4) is 5.75 Å². The molecule has 0 unspecified atom stereocenters. The highest BCUT2D eigenvalue weighted by molar-refractivity contribution is 8.33. The molecule has 28 heavy (non-hydrogen) atoms. The lowest BCUT2D eigenvalue weighted by Crippen LogP contribution is -2.27. The van der Waals surface area contributed by atoms with Gasteiger partial charge in [0.25, 0.3) is 0 Å². The van der Waals surface area contributed by atoms with Gasteiger partial charge in [0.15, 0.2) is 0 Å². The van der Waals surface area contributed by atoms with Crippen LogP contribution in [0.25, 0.3) is 10.8 Å². The maximum Gasteiger partial charge on any atom is 0.523 e. The fraction of sp³-hybridized carbons (Fsp3) is 0.474. The quantitative estimate of drug-likeness (QED) is 0.409. The molecule has 0 N–H and O–H groups in total. The van der Waals surface area contributed by atoms with Crippen LogP contribution in [0.15, 0.2) is 41.3 Å². The van der Waals surface area contributed by atoms with Crippen LogP contribution in [0.2, 0.25) is 0 Å². The first kappa shape index (κ1) is 21.3. The Hall–Kier alpha value is -1.45. The van der Waals surface area contributed by atoms with Gasteiger partial charge < -0.3 is 4.74 Å². The fourth-order valence-electron chi connectivity index (χ4n) is 3.18. The van der Waals surface area contributed by atoms with Gasteiger partial charge >= 0.3 is 15.6 Å². The average molecular weight is 437 g/mol. The molecule has 2 aromatic rings. The SMILES string of the molecule is CCCCOc1ccc2cc(S3(OS(=O)(=O)C(F)(F)F)CCCC3)ccc2c1. The molecule has 2 aromatic carbocycles. The highest BCUT2D eigenvalue weighted by Crippen LogP contribution is 2.63. The molecule has 9 heteroatoms. The molecule has 4 nitrogen and oxygen atoms in total. The van der Waals surface area contributed by atoms with E-state index >= 15 is 0 Å². The number of fused-ring (bicyclic) bond motifs is 1. The molecular weight excluding hydrogens is 413 g/mol. The molecule has 0 aliphatic carbocycles. The van der Waals surface area contributed by atoms with E-state index in [9.17, 15) is 21.6 Å². The highest BCUT2D eigenvalue weighted by atomic mass is 32.3. The average Bonchev–Trinajstić information content (AvgIpc) is 3.09. The summed E-state index contributed by atoms with van der Waals surface area (Å²) in [5.74, 6) is 1.35. The lowest BCUT2D eigenvalue weighted by Gasteiger charge is -2.34. The molecular formula is C19H23F3O4S2. The summed E-state index contributed by atoms with van der Waals surface area (Å²) in [7, 11) is -8.18. The van der Waals surface area contributed by atoms with Crippen LogP contribution in [0.1, 0.15) is 32.6 Å². The molecule has 1 saturated heterocycles. The number of rotatable bonds is 7. The third-order valence-corrected chi connectivity index (χ3v) is 10.0. The van der Waals surface area contributed by atoms with Gasteiger partial charge in [-0.25, -0.2) is 3.63 Å². The number of ether oxygens (including phenoxy) is 1. The first-order valence-corrected chi connectivity index (χ1v) is 12.4. The Morgan fingerprint density at radius 2 is 1.68 bits per heavy atom. The van der Waals surface area contributed by atoms with Crippen LogP contribution in [0.3, 0.4) is 0 Å². The van der Waals surface area contributed by atoms with Crippen LogP contribution < -0.4 is 4.74 Å². The summed E-state index contributed by atoms with van der Waals surface area (Å²) >= 11 is 0. The normalized spacial score (nSPS) is 18.3. The Labute approximate surface area is 164 Å². The van der Waals surface area contributed by atoms with E-state index in [0.29, 0.717) is 35.8 Å². The molecule has 1 aliphatic rings. The van der Waals surface area contributed by atoms with E-state index in [0.717, 1.165) is 29.4 Å². The van der Waals surface area contributed by atoms with E-state index in [1.54, 1.807) is 18.2 Å². The van der Waals surface area contributed by atoms with Gasteiger partial charge in [-0.2, -0.15) is 21.6 Å². The third kappa shape index (κ3) is 4.41. The maximum absolute atomic E-state index is 12.9. The molecule has 156 valence electrons. The molecule has 3 rings (SSSR count). The Morgan fingerprint density at radius 3 is 2.32 bits per heavy atom. The largest absolute Gasteiger partial charge is 0.523 e. The van der Waals surface area contributed by atoms with Crippen molar-refractivity contribution in [1.82, 2.24) is 0 Å². The molecule has 0 bridgehead atoms. The van der Waals surface area contributed by atoms with Crippen molar-refractivity contribution >= 4 is 31.2 Å². The zero-order valence-corrected chi connectivity index (χ0v) is 17.1. The van der Waals surface area contributed by atoms with Crippen molar-refractivity contribution in [3.63, 3.8) is 0 Å². The van der Waals surface area contributed by atoms with Gasteiger partial charge in [0.2, 0.25) is 0 Å². The Kier molecular flexibility index (Phi) is 6.17. The van der Waals surface area contributed by atoms with Crippen LogP contribution in [-0.2, 0) is 13.7 Å². The zero-order chi connectivity index (χ0) is 20.4. The monoisotopic (exact) mass is 436 g/mol. The minimum atomic E-state index is -5.64. The van der Waals surface area contributed by atoms with Gasteiger partial charge in [0.05, 0.1) is 6.61 Å². The molecule has 1 aliphatic heterocycles. The zero-order valence-electron chi connectivity index (χ0n) is 15.5. The Bertz CT molecular complexity index is 936. The van der Waals surface area contributed by atoms with Crippen molar-refractivity contribution in [3.05, 3.63) is 36.4 Å². The van der Waals surface area contributed by atoms with Crippen molar-refractivity contribution in [2.24, 2.45) is 0 Å². The van der Waals surface area contributed by atoms with Crippen molar-refractivity contribution in [2.45, 2.75) is 43.0 Å². The van der Waals surface area contributed by atoms with Crippen LogP contribution in [0.4, 0.5) is 13.2 Å². The number of unbranched alkanes of at least 4 members (excludes halogenated alkanes) is 1. The van der Waals surface area contributed by atoms with E-state index in [-0.39, 0.29) is 0 Å². The van der Waals surface area contributed by atoms with Gasteiger partial charge in [-0.3, -0.25) is 0 Å². The smallest absolute Gasteiger partial charge is 0.494 e. The highest BCUT2D eigenvalue weighted by Gasteiger charge is 2.51. The van der Waals surface area contributed by atoms with Gasteiger partial charge in [-0.05, 0) is 54.3 Å². The van der Waals surface area contributed by atoms with Crippen LogP contribution in [0, 0.1) is 0 Å². The van der Waals surface area contributed by atoms with Crippen molar-refractivity contribution < 1.29 is 30.0 Å². The third-order valence-electron chi connectivity index (χ3n) is 4.68. The molecule has 1 fully saturated rings. The summed E-state index contributed by atoms with van der Waals surface area (Å²) in [6, 6.07) is 10.7. The van der Waals surface area contributed by atoms with Crippen LogP contribution in [-0.4, -0.2) is 32.0 Å². The number of alkyl halides is 3. The standard InChI is InChI=1S/C19H23F3O4S2/c1-2-3-10-25-17-8-6-16-14-18(9-7-15(16)13-17)27(11-4-5-12-27)26-28(23,24)19(20,21)22/h6-9,13-14H,2-5,10-12H2,1H3. The molecule has 0 spiro atoms. The van der Waals surface area contributed by atoms with E-state index < -0.39 is 25.9 Å². The Morgan fingerprint density at radius 1 is 1.04 bits per heavy atom. The lowest BCUT2D eigenvalue weighted by molar-refractivity contribution is -0.0496. The second-order valence-electron chi connectivity index (χ2n) is 6.77. The van der Waals surface area contributed by atoms with Gasteiger partial charge in [0, 0.05) is 16.4 Å². The summed E-state index contributed by atoms with van der Waals surface area (Å²) < 4.78 is 72.6. The predicted octanol–water partition coefficient (Wildman–Crippen LogP) is 5.76. The van der Waals surface area contributed by atoms with Crippen molar-refractivity contribution in [2.75, 3.05) is 18.1 Å². The van der Waals surface area contributed by atoms with Gasteiger partial charge in [-0.15, -0.1) is 0 Å². The maximum atomic E-state index is 12.9. The number of hydrogen-bond acceptors (Lipinski definition) is 4. The van der Waals surface area contributed by atoms with E-state index in [2.05, 4.69) is 6.92 Å². The summed E-state index contributed by atoms with van der Waals surface area (Å²) in [5.41, 5.74) is -5.42. The molecule has 0 amide bonds. The first-order valence-electron chi connectivity index (χ1n) is 9.15. The molecule has 0 atom stereocenters. The fourth-order valence-corrected chi connectivity index (χ4v) is 8.40. The van der Waals surface area contributed by atoms with E-state index in [1.165, 1.54) is 0 Å². The second kappa shape index (κ2) is 8.12. The van der Waals surface area contributed by atoms with E-state index in [4.69, 9.17) is 8.37 Å². The first-order chi connectivity index (χ1) is 13.2. The molecule has 0 saturated carbocycles. The van der Waals surface area contributed by atoms with E-state index in [1.807, 2.05) is 18.2 Å². The number of halogens is 3. The summed E-state index contributed by atoms with van der Waals surface area (Å²) in [5, 5.41) is 1.69. The number of benzene rings is 2. The molecule has 0 aromatic heterocycles.